The van der Waals surface area contributed by atoms with E-state index in [2.05, 4.69) is 13.8 Å². The van der Waals surface area contributed by atoms with E-state index in [0.717, 1.165) is 5.56 Å². The largest absolute Gasteiger partial charge is 0.378 e. The normalized spacial score (nSPS) is 20.2. The van der Waals surface area contributed by atoms with Crippen molar-refractivity contribution in [3.8, 4) is 0 Å². The molecule has 1 amide bonds. The molecule has 0 aliphatic carbocycles. The molecule has 2 fully saturated rings. The van der Waals surface area contributed by atoms with Crippen molar-refractivity contribution >= 4 is 15.9 Å². The Bertz CT molecular complexity index is 735. The lowest BCUT2D eigenvalue weighted by molar-refractivity contribution is -0.136. The van der Waals surface area contributed by atoms with E-state index >= 15 is 0 Å². The molecule has 2 saturated heterocycles. The van der Waals surface area contributed by atoms with Crippen LogP contribution in [-0.2, 0) is 19.6 Å². The number of piperazine rings is 1. The number of nitrogens with zero attached hydrogens (tertiary/aromatic N) is 3. The summed E-state index contributed by atoms with van der Waals surface area (Å²) in [6, 6.07) is 7.15. The number of carbonyl (C=O) groups excluding carboxylic acids is 1. The zero-order valence-corrected chi connectivity index (χ0v) is 17.0. The first-order chi connectivity index (χ1) is 12.9. The predicted molar refractivity (Wildman–Crippen MR) is 103 cm³/mol. The fraction of sp³-hybridized carbons (Fsp3) is 0.632. The molecule has 27 heavy (non-hydrogen) atoms. The number of carbonyl (C=O) groups is 1. The van der Waals surface area contributed by atoms with Crippen LogP contribution in [0.1, 0.15) is 25.3 Å². The van der Waals surface area contributed by atoms with Crippen LogP contribution in [0.15, 0.2) is 29.2 Å². The first kappa shape index (κ1) is 20.3. The van der Waals surface area contributed by atoms with Crippen molar-refractivity contribution in [3.05, 3.63) is 29.8 Å². The summed E-state index contributed by atoms with van der Waals surface area (Å²) in [5.74, 6) is 0.466. The molecule has 2 heterocycles. The smallest absolute Gasteiger partial charge is 0.243 e. The summed E-state index contributed by atoms with van der Waals surface area (Å²) in [6.07, 6.45) is 0. The molecule has 150 valence electrons. The van der Waals surface area contributed by atoms with E-state index in [1.807, 2.05) is 21.9 Å². The highest BCUT2D eigenvalue weighted by atomic mass is 32.2. The van der Waals surface area contributed by atoms with Crippen LogP contribution in [-0.4, -0.2) is 87.5 Å². The van der Waals surface area contributed by atoms with Gasteiger partial charge < -0.3 is 9.64 Å². The molecule has 8 heteroatoms. The molecule has 0 atom stereocenters. The van der Waals surface area contributed by atoms with Crippen LogP contribution in [0, 0.1) is 0 Å². The van der Waals surface area contributed by atoms with Gasteiger partial charge in [0.15, 0.2) is 0 Å². The fourth-order valence-corrected chi connectivity index (χ4v) is 4.83. The number of rotatable bonds is 5. The molecule has 0 N–H and O–H groups in total. The van der Waals surface area contributed by atoms with Gasteiger partial charge in [0, 0.05) is 39.3 Å². The highest BCUT2D eigenvalue weighted by Gasteiger charge is 2.30. The molecule has 2 aliphatic heterocycles. The van der Waals surface area contributed by atoms with Gasteiger partial charge in [-0.1, -0.05) is 26.0 Å². The van der Waals surface area contributed by atoms with Gasteiger partial charge in [-0.15, -0.1) is 0 Å². The maximum Gasteiger partial charge on any atom is 0.243 e. The molecule has 0 bridgehead atoms. The summed E-state index contributed by atoms with van der Waals surface area (Å²) in [5.41, 5.74) is 1.13. The van der Waals surface area contributed by atoms with Gasteiger partial charge >= 0.3 is 0 Å². The van der Waals surface area contributed by atoms with E-state index in [0.29, 0.717) is 69.8 Å². The van der Waals surface area contributed by atoms with Crippen LogP contribution in [0.25, 0.3) is 0 Å². The SMILES string of the molecule is CC(C)c1ccc(S(=O)(=O)N2CCN(CC(=O)N3CCOCC3)CC2)cc1. The van der Waals surface area contributed by atoms with Gasteiger partial charge in [-0.05, 0) is 23.6 Å². The number of morpholine rings is 1. The topological polar surface area (TPSA) is 70.2 Å². The molecular weight excluding hydrogens is 366 g/mol. The van der Waals surface area contributed by atoms with Crippen LogP contribution < -0.4 is 0 Å². The van der Waals surface area contributed by atoms with Gasteiger partial charge in [0.25, 0.3) is 0 Å². The summed E-state index contributed by atoms with van der Waals surface area (Å²) in [6.45, 7) is 8.92. The first-order valence-electron chi connectivity index (χ1n) is 9.56. The quantitative estimate of drug-likeness (QED) is 0.743. The Morgan fingerprint density at radius 3 is 2.15 bits per heavy atom. The average molecular weight is 396 g/mol. The van der Waals surface area contributed by atoms with Gasteiger partial charge in [0.1, 0.15) is 0 Å². The van der Waals surface area contributed by atoms with Gasteiger partial charge in [-0.3, -0.25) is 9.69 Å². The van der Waals surface area contributed by atoms with Crippen molar-refractivity contribution < 1.29 is 17.9 Å². The van der Waals surface area contributed by atoms with Crippen LogP contribution in [0.4, 0.5) is 0 Å². The Kier molecular flexibility index (Phi) is 6.52. The van der Waals surface area contributed by atoms with E-state index in [4.69, 9.17) is 4.74 Å². The number of sulfonamides is 1. The Morgan fingerprint density at radius 2 is 1.59 bits per heavy atom. The van der Waals surface area contributed by atoms with E-state index in [1.165, 1.54) is 4.31 Å². The molecule has 0 saturated carbocycles. The predicted octanol–water partition coefficient (Wildman–Crippen LogP) is 0.975. The summed E-state index contributed by atoms with van der Waals surface area (Å²) in [4.78, 5) is 16.5. The van der Waals surface area contributed by atoms with Crippen molar-refractivity contribution in [3.63, 3.8) is 0 Å². The third-order valence-electron chi connectivity index (χ3n) is 5.24. The monoisotopic (exact) mass is 395 g/mol. The third-order valence-corrected chi connectivity index (χ3v) is 7.15. The number of benzene rings is 1. The zero-order chi connectivity index (χ0) is 19.4. The van der Waals surface area contributed by atoms with E-state index in [-0.39, 0.29) is 5.91 Å². The molecule has 0 unspecified atom stereocenters. The van der Waals surface area contributed by atoms with E-state index in [1.54, 1.807) is 12.1 Å². The van der Waals surface area contributed by atoms with E-state index < -0.39 is 10.0 Å². The van der Waals surface area contributed by atoms with Crippen molar-refractivity contribution in [1.82, 2.24) is 14.1 Å². The van der Waals surface area contributed by atoms with Crippen molar-refractivity contribution in [2.75, 3.05) is 59.0 Å². The molecule has 1 aromatic rings. The molecule has 3 rings (SSSR count). The second-order valence-corrected chi connectivity index (χ2v) is 9.34. The molecular formula is C19H29N3O4S. The zero-order valence-electron chi connectivity index (χ0n) is 16.1. The molecule has 0 radical (unpaired) electrons. The lowest BCUT2D eigenvalue weighted by Gasteiger charge is -2.35. The summed E-state index contributed by atoms with van der Waals surface area (Å²) in [7, 11) is -3.48. The van der Waals surface area contributed by atoms with Crippen LogP contribution >= 0.6 is 0 Å². The Balaban J connectivity index is 1.55. The minimum absolute atomic E-state index is 0.0962. The van der Waals surface area contributed by atoms with Crippen LogP contribution in [0.2, 0.25) is 0 Å². The van der Waals surface area contributed by atoms with Crippen LogP contribution in [0.5, 0.6) is 0 Å². The van der Waals surface area contributed by atoms with Gasteiger partial charge in [-0.25, -0.2) is 8.42 Å². The van der Waals surface area contributed by atoms with Gasteiger partial charge in [0.05, 0.1) is 24.7 Å². The minimum Gasteiger partial charge on any atom is -0.378 e. The summed E-state index contributed by atoms with van der Waals surface area (Å²) in [5, 5.41) is 0. The first-order valence-corrected chi connectivity index (χ1v) is 11.0. The number of amides is 1. The molecule has 0 spiro atoms. The molecule has 1 aromatic carbocycles. The Morgan fingerprint density at radius 1 is 1.00 bits per heavy atom. The highest BCUT2D eigenvalue weighted by Crippen LogP contribution is 2.21. The Hall–Kier alpha value is -1.48. The van der Waals surface area contributed by atoms with Gasteiger partial charge in [-0.2, -0.15) is 4.31 Å². The van der Waals surface area contributed by atoms with Crippen molar-refractivity contribution in [1.29, 1.82) is 0 Å². The standard InChI is InChI=1S/C19H29N3O4S/c1-16(2)17-3-5-18(6-4-17)27(24,25)22-9-7-20(8-10-22)15-19(23)21-11-13-26-14-12-21/h3-6,16H,7-15H2,1-2H3. The fourth-order valence-electron chi connectivity index (χ4n) is 3.41. The molecule has 0 aromatic heterocycles. The minimum atomic E-state index is -3.48. The summed E-state index contributed by atoms with van der Waals surface area (Å²) >= 11 is 0. The van der Waals surface area contributed by atoms with E-state index in [9.17, 15) is 13.2 Å². The van der Waals surface area contributed by atoms with Crippen LogP contribution in [0.3, 0.4) is 0 Å². The highest BCUT2D eigenvalue weighted by molar-refractivity contribution is 7.89. The lowest BCUT2D eigenvalue weighted by Crippen LogP contribution is -2.52. The van der Waals surface area contributed by atoms with Crippen molar-refractivity contribution in [2.45, 2.75) is 24.7 Å². The van der Waals surface area contributed by atoms with Gasteiger partial charge in [0.2, 0.25) is 15.9 Å². The number of hydrogen-bond acceptors (Lipinski definition) is 5. The number of hydrogen-bond donors (Lipinski definition) is 0. The maximum atomic E-state index is 12.9. The molecule has 7 nitrogen and oxygen atoms in total. The maximum absolute atomic E-state index is 12.9. The molecule has 2 aliphatic rings. The second kappa shape index (κ2) is 8.68. The Labute approximate surface area is 161 Å². The average Bonchev–Trinajstić information content (AvgIpc) is 2.69. The van der Waals surface area contributed by atoms with Crippen molar-refractivity contribution in [2.24, 2.45) is 0 Å². The number of ether oxygens (including phenoxy) is 1. The third kappa shape index (κ3) is 4.87. The summed E-state index contributed by atoms with van der Waals surface area (Å²) < 4.78 is 32.5. The second-order valence-electron chi connectivity index (χ2n) is 7.40. The lowest BCUT2D eigenvalue weighted by atomic mass is 10.0.